The minimum Gasteiger partial charge on any atom is -0.357 e. The normalized spacial score (nSPS) is 20.5. The molecular weight excluding hydrogens is 266 g/mol. The Kier molecular flexibility index (Phi) is 6.29. The zero-order valence-corrected chi connectivity index (χ0v) is 13.4. The van der Waals surface area contributed by atoms with Crippen LogP contribution in [0.15, 0.2) is 4.99 Å². The summed E-state index contributed by atoms with van der Waals surface area (Å²) in [5, 5.41) is 6.69. The van der Waals surface area contributed by atoms with Crippen molar-refractivity contribution in [3.8, 4) is 0 Å². The van der Waals surface area contributed by atoms with Crippen molar-refractivity contribution < 1.29 is 4.79 Å². The summed E-state index contributed by atoms with van der Waals surface area (Å²) in [5.74, 6) is 1.95. The van der Waals surface area contributed by atoms with E-state index in [1.54, 1.807) is 6.92 Å². The van der Waals surface area contributed by atoms with Gasteiger partial charge in [-0.25, -0.2) is 0 Å². The van der Waals surface area contributed by atoms with E-state index >= 15 is 0 Å². The Bertz CT molecular complexity index is 359. The Balaban J connectivity index is 1.63. The fraction of sp³-hybridized carbons (Fsp3) is 0.867. The SMILES string of the molecule is CCNC(=NCC1CC1)NCCN1CCN(C(C)=O)CC1. The molecule has 0 aromatic rings. The van der Waals surface area contributed by atoms with Crippen molar-refractivity contribution in [2.45, 2.75) is 26.7 Å². The van der Waals surface area contributed by atoms with Crippen LogP contribution in [0.5, 0.6) is 0 Å². The molecule has 6 nitrogen and oxygen atoms in total. The first-order chi connectivity index (χ1) is 10.2. The van der Waals surface area contributed by atoms with Crippen molar-refractivity contribution in [1.29, 1.82) is 0 Å². The van der Waals surface area contributed by atoms with E-state index in [4.69, 9.17) is 0 Å². The summed E-state index contributed by atoms with van der Waals surface area (Å²) < 4.78 is 0. The molecule has 0 atom stereocenters. The van der Waals surface area contributed by atoms with Gasteiger partial charge in [-0.15, -0.1) is 0 Å². The van der Waals surface area contributed by atoms with Crippen LogP contribution in [0.25, 0.3) is 0 Å². The van der Waals surface area contributed by atoms with Gasteiger partial charge in [0.05, 0.1) is 0 Å². The fourth-order valence-electron chi connectivity index (χ4n) is 2.48. The topological polar surface area (TPSA) is 60.0 Å². The van der Waals surface area contributed by atoms with Gasteiger partial charge in [0.2, 0.25) is 5.91 Å². The lowest BCUT2D eigenvalue weighted by atomic mass is 10.3. The smallest absolute Gasteiger partial charge is 0.219 e. The van der Waals surface area contributed by atoms with Gasteiger partial charge < -0.3 is 15.5 Å². The molecule has 2 fully saturated rings. The van der Waals surface area contributed by atoms with Crippen LogP contribution in [-0.4, -0.2) is 74.0 Å². The van der Waals surface area contributed by atoms with Gasteiger partial charge >= 0.3 is 0 Å². The largest absolute Gasteiger partial charge is 0.357 e. The Hall–Kier alpha value is -1.30. The highest BCUT2D eigenvalue weighted by Crippen LogP contribution is 2.28. The van der Waals surface area contributed by atoms with Gasteiger partial charge in [-0.2, -0.15) is 0 Å². The lowest BCUT2D eigenvalue weighted by Gasteiger charge is -2.34. The zero-order chi connectivity index (χ0) is 15.1. The Morgan fingerprint density at radius 1 is 1.19 bits per heavy atom. The predicted octanol–water partition coefficient (Wildman–Crippen LogP) is 0.116. The molecule has 2 aliphatic rings. The summed E-state index contributed by atoms with van der Waals surface area (Å²) in [5.41, 5.74) is 0. The monoisotopic (exact) mass is 295 g/mol. The van der Waals surface area contributed by atoms with Gasteiger partial charge in [-0.05, 0) is 25.7 Å². The first-order valence-electron chi connectivity index (χ1n) is 8.19. The van der Waals surface area contributed by atoms with Gasteiger partial charge in [0.25, 0.3) is 0 Å². The minimum atomic E-state index is 0.189. The van der Waals surface area contributed by atoms with Crippen molar-refractivity contribution in [1.82, 2.24) is 20.4 Å². The summed E-state index contributed by atoms with van der Waals surface area (Å²) in [6.07, 6.45) is 2.67. The number of rotatable bonds is 6. The second-order valence-electron chi connectivity index (χ2n) is 5.94. The number of aliphatic imine (C=N–C) groups is 1. The lowest BCUT2D eigenvalue weighted by Crippen LogP contribution is -2.50. The minimum absolute atomic E-state index is 0.189. The van der Waals surface area contributed by atoms with Crippen LogP contribution in [-0.2, 0) is 4.79 Å². The third-order valence-corrected chi connectivity index (χ3v) is 4.09. The summed E-state index contributed by atoms with van der Waals surface area (Å²) >= 11 is 0. The van der Waals surface area contributed by atoms with Crippen LogP contribution < -0.4 is 10.6 Å². The van der Waals surface area contributed by atoms with Crippen LogP contribution >= 0.6 is 0 Å². The van der Waals surface area contributed by atoms with Gasteiger partial charge in [0, 0.05) is 59.3 Å². The molecule has 1 amide bonds. The molecule has 2 rings (SSSR count). The van der Waals surface area contributed by atoms with E-state index in [-0.39, 0.29) is 5.91 Å². The maximum absolute atomic E-state index is 11.3. The standard InChI is InChI=1S/C15H29N5O/c1-3-16-15(18-12-14-4-5-14)17-6-7-19-8-10-20(11-9-19)13(2)21/h14H,3-12H2,1-2H3,(H2,16,17,18). The number of amides is 1. The lowest BCUT2D eigenvalue weighted by molar-refractivity contribution is -0.130. The fourth-order valence-corrected chi connectivity index (χ4v) is 2.48. The van der Waals surface area contributed by atoms with Crippen molar-refractivity contribution >= 4 is 11.9 Å². The van der Waals surface area contributed by atoms with Crippen LogP contribution in [0.2, 0.25) is 0 Å². The van der Waals surface area contributed by atoms with Crippen molar-refractivity contribution in [2.75, 3.05) is 52.4 Å². The molecular formula is C15H29N5O. The van der Waals surface area contributed by atoms with Crippen molar-refractivity contribution in [3.63, 3.8) is 0 Å². The molecule has 1 heterocycles. The second kappa shape index (κ2) is 8.22. The molecule has 120 valence electrons. The quantitative estimate of drug-likeness (QED) is 0.540. The van der Waals surface area contributed by atoms with Crippen LogP contribution in [0.3, 0.4) is 0 Å². The van der Waals surface area contributed by atoms with Gasteiger partial charge in [-0.3, -0.25) is 14.7 Å². The average Bonchev–Trinajstić information content (AvgIpc) is 3.29. The number of carbonyl (C=O) groups is 1. The number of hydrogen-bond donors (Lipinski definition) is 2. The highest BCUT2D eigenvalue weighted by Gasteiger charge is 2.21. The van der Waals surface area contributed by atoms with Gasteiger partial charge in [-0.1, -0.05) is 0 Å². The molecule has 1 saturated heterocycles. The summed E-state index contributed by atoms with van der Waals surface area (Å²) in [6, 6.07) is 0. The third kappa shape index (κ3) is 5.91. The first kappa shape index (κ1) is 16.1. The van der Waals surface area contributed by atoms with Gasteiger partial charge in [0.1, 0.15) is 0 Å². The highest BCUT2D eigenvalue weighted by molar-refractivity contribution is 5.79. The molecule has 1 aliphatic carbocycles. The maximum Gasteiger partial charge on any atom is 0.219 e. The Morgan fingerprint density at radius 2 is 1.90 bits per heavy atom. The van der Waals surface area contributed by atoms with E-state index in [2.05, 4.69) is 27.4 Å². The van der Waals surface area contributed by atoms with Crippen LogP contribution in [0, 0.1) is 5.92 Å². The number of piperazine rings is 1. The van der Waals surface area contributed by atoms with E-state index < -0.39 is 0 Å². The number of carbonyl (C=O) groups excluding carboxylic acids is 1. The molecule has 2 N–H and O–H groups in total. The molecule has 0 unspecified atom stereocenters. The highest BCUT2D eigenvalue weighted by atomic mass is 16.2. The summed E-state index contributed by atoms with van der Waals surface area (Å²) in [6.45, 7) is 11.1. The van der Waals surface area contributed by atoms with Gasteiger partial charge in [0.15, 0.2) is 5.96 Å². The van der Waals surface area contributed by atoms with Crippen LogP contribution in [0.4, 0.5) is 0 Å². The van der Waals surface area contributed by atoms with E-state index in [9.17, 15) is 4.79 Å². The first-order valence-corrected chi connectivity index (χ1v) is 8.19. The summed E-state index contributed by atoms with van der Waals surface area (Å²) in [7, 11) is 0. The molecule has 6 heteroatoms. The maximum atomic E-state index is 11.3. The van der Waals surface area contributed by atoms with Crippen molar-refractivity contribution in [2.24, 2.45) is 10.9 Å². The average molecular weight is 295 g/mol. The molecule has 0 aromatic carbocycles. The predicted molar refractivity (Wildman–Crippen MR) is 85.4 cm³/mol. The number of nitrogens with one attached hydrogen (secondary N) is 2. The third-order valence-electron chi connectivity index (χ3n) is 4.09. The molecule has 0 spiro atoms. The van der Waals surface area contributed by atoms with E-state index in [1.807, 2.05) is 4.90 Å². The van der Waals surface area contributed by atoms with E-state index in [0.29, 0.717) is 0 Å². The summed E-state index contributed by atoms with van der Waals surface area (Å²) in [4.78, 5) is 20.2. The number of guanidine groups is 1. The molecule has 0 radical (unpaired) electrons. The van der Waals surface area contributed by atoms with Crippen LogP contribution in [0.1, 0.15) is 26.7 Å². The van der Waals surface area contributed by atoms with E-state index in [0.717, 1.165) is 64.2 Å². The molecule has 1 saturated carbocycles. The number of hydrogen-bond acceptors (Lipinski definition) is 3. The molecule has 0 bridgehead atoms. The molecule has 1 aliphatic heterocycles. The Morgan fingerprint density at radius 3 is 2.48 bits per heavy atom. The van der Waals surface area contributed by atoms with Crippen molar-refractivity contribution in [3.05, 3.63) is 0 Å². The number of nitrogens with zero attached hydrogens (tertiary/aromatic N) is 3. The molecule has 21 heavy (non-hydrogen) atoms. The molecule has 0 aromatic heterocycles. The second-order valence-corrected chi connectivity index (χ2v) is 5.94. The zero-order valence-electron chi connectivity index (χ0n) is 13.4. The van der Waals surface area contributed by atoms with E-state index in [1.165, 1.54) is 12.8 Å². The Labute approximate surface area is 128 Å².